The van der Waals surface area contributed by atoms with Gasteiger partial charge >= 0.3 is 0 Å². The van der Waals surface area contributed by atoms with Gasteiger partial charge in [-0.1, -0.05) is 0 Å². The number of nitrogens with zero attached hydrogens (tertiary/aromatic N) is 2. The van der Waals surface area contributed by atoms with Gasteiger partial charge in [0.15, 0.2) is 5.65 Å². The maximum absolute atomic E-state index is 13.1. The van der Waals surface area contributed by atoms with Crippen LogP contribution in [0, 0.1) is 5.82 Å². The number of nitrogen functional groups attached to an aromatic ring is 2. The molecule has 18 heavy (non-hydrogen) atoms. The molecule has 0 fully saturated rings. The Morgan fingerprint density at radius 2 is 1.94 bits per heavy atom. The third kappa shape index (κ3) is 1.57. The second-order valence-corrected chi connectivity index (χ2v) is 4.06. The molecule has 0 spiro atoms. The molecule has 0 aliphatic heterocycles. The van der Waals surface area contributed by atoms with Gasteiger partial charge in [0.2, 0.25) is 0 Å². The molecule has 0 bridgehead atoms. The molecule has 1 aromatic carbocycles. The van der Waals surface area contributed by atoms with Crippen molar-refractivity contribution in [1.82, 2.24) is 9.38 Å². The number of pyridine rings is 1. The largest absolute Gasteiger partial charge is 0.396 e. The van der Waals surface area contributed by atoms with E-state index in [0.717, 1.165) is 5.56 Å². The van der Waals surface area contributed by atoms with E-state index in [1.807, 2.05) is 22.9 Å². The van der Waals surface area contributed by atoms with Crippen molar-refractivity contribution in [2.75, 3.05) is 11.5 Å². The van der Waals surface area contributed by atoms with Crippen molar-refractivity contribution >= 4 is 17.0 Å². The number of hydrogen-bond donors (Lipinski definition) is 2. The lowest BCUT2D eigenvalue weighted by atomic mass is 10.1. The van der Waals surface area contributed by atoms with Crippen LogP contribution in [0.25, 0.3) is 16.9 Å². The molecule has 0 aliphatic carbocycles. The molecule has 90 valence electrons. The molecule has 5 heteroatoms. The Bertz CT molecular complexity index is 733. The molecule has 3 rings (SSSR count). The van der Waals surface area contributed by atoms with Gasteiger partial charge in [-0.15, -0.1) is 0 Å². The van der Waals surface area contributed by atoms with Crippen molar-refractivity contribution in [1.29, 1.82) is 0 Å². The van der Waals surface area contributed by atoms with Crippen LogP contribution < -0.4 is 11.5 Å². The van der Waals surface area contributed by atoms with Crippen molar-refractivity contribution in [3.63, 3.8) is 0 Å². The van der Waals surface area contributed by atoms with Gasteiger partial charge in [0.25, 0.3) is 0 Å². The summed E-state index contributed by atoms with van der Waals surface area (Å²) in [5.41, 5.74) is 14.2. The zero-order chi connectivity index (χ0) is 12.7. The van der Waals surface area contributed by atoms with Gasteiger partial charge in [-0.25, -0.2) is 9.37 Å². The predicted octanol–water partition coefficient (Wildman–Crippen LogP) is 2.30. The molecule has 0 atom stereocenters. The predicted molar refractivity (Wildman–Crippen MR) is 69.4 cm³/mol. The van der Waals surface area contributed by atoms with Gasteiger partial charge in [0, 0.05) is 18.0 Å². The maximum atomic E-state index is 13.1. The monoisotopic (exact) mass is 242 g/mol. The Labute approximate surface area is 103 Å². The number of anilines is 2. The Kier molecular flexibility index (Phi) is 2.19. The minimum Gasteiger partial charge on any atom is -0.396 e. The highest BCUT2D eigenvalue weighted by atomic mass is 19.1. The Hall–Kier alpha value is -2.56. The number of halogens is 1. The Morgan fingerprint density at radius 1 is 1.11 bits per heavy atom. The van der Waals surface area contributed by atoms with E-state index >= 15 is 0 Å². The van der Waals surface area contributed by atoms with Gasteiger partial charge < -0.3 is 15.9 Å². The van der Waals surface area contributed by atoms with Crippen LogP contribution in [-0.4, -0.2) is 9.38 Å². The fourth-order valence-corrected chi connectivity index (χ4v) is 1.88. The summed E-state index contributed by atoms with van der Waals surface area (Å²) in [6, 6.07) is 8.16. The molecular formula is C13H11FN4. The molecule has 3 aromatic rings. The van der Waals surface area contributed by atoms with Crippen LogP contribution in [0.4, 0.5) is 15.8 Å². The van der Waals surface area contributed by atoms with E-state index in [2.05, 4.69) is 4.98 Å². The van der Waals surface area contributed by atoms with E-state index in [1.54, 1.807) is 18.2 Å². The van der Waals surface area contributed by atoms with Gasteiger partial charge in [0.1, 0.15) is 5.82 Å². The maximum Gasteiger partial charge on any atom is 0.160 e. The summed E-state index contributed by atoms with van der Waals surface area (Å²) in [5, 5.41) is 0. The number of benzene rings is 1. The number of fused-ring (bicyclic) bond motifs is 1. The van der Waals surface area contributed by atoms with Crippen molar-refractivity contribution in [3.8, 4) is 11.3 Å². The summed E-state index contributed by atoms with van der Waals surface area (Å²) >= 11 is 0. The van der Waals surface area contributed by atoms with Crippen LogP contribution in [0.2, 0.25) is 0 Å². The first kappa shape index (κ1) is 10.6. The van der Waals surface area contributed by atoms with Crippen molar-refractivity contribution < 1.29 is 4.39 Å². The lowest BCUT2D eigenvalue weighted by Crippen LogP contribution is -1.91. The summed E-state index contributed by atoms with van der Waals surface area (Å²) in [7, 11) is 0. The highest BCUT2D eigenvalue weighted by Gasteiger charge is 2.08. The van der Waals surface area contributed by atoms with Gasteiger partial charge in [-0.05, 0) is 30.3 Å². The van der Waals surface area contributed by atoms with Crippen molar-refractivity contribution in [3.05, 3.63) is 48.5 Å². The molecule has 0 saturated carbocycles. The first-order valence-electron chi connectivity index (χ1n) is 5.44. The van der Waals surface area contributed by atoms with E-state index in [-0.39, 0.29) is 5.69 Å². The first-order chi connectivity index (χ1) is 8.65. The van der Waals surface area contributed by atoms with Crippen LogP contribution >= 0.6 is 0 Å². The lowest BCUT2D eigenvalue weighted by Gasteiger charge is -1.99. The molecule has 4 N–H and O–H groups in total. The third-order valence-electron chi connectivity index (χ3n) is 2.80. The normalized spacial score (nSPS) is 10.9. The molecule has 0 saturated heterocycles. The molecule has 0 amide bonds. The van der Waals surface area contributed by atoms with Gasteiger partial charge in [-0.2, -0.15) is 0 Å². The minimum absolute atomic E-state index is 0.109. The van der Waals surface area contributed by atoms with Crippen molar-refractivity contribution in [2.24, 2.45) is 0 Å². The van der Waals surface area contributed by atoms with E-state index < -0.39 is 5.82 Å². The quantitative estimate of drug-likeness (QED) is 0.643. The SMILES string of the molecule is Nc1cc(-c2cn3cccc(N)c3n2)ccc1F. The fraction of sp³-hybridized carbons (Fsp3) is 0. The topological polar surface area (TPSA) is 69.3 Å². The number of hydrogen-bond acceptors (Lipinski definition) is 3. The second kappa shape index (κ2) is 3.73. The van der Waals surface area contributed by atoms with Crippen LogP contribution in [0.5, 0.6) is 0 Å². The van der Waals surface area contributed by atoms with Crippen LogP contribution in [0.15, 0.2) is 42.7 Å². The highest BCUT2D eigenvalue weighted by Crippen LogP contribution is 2.24. The van der Waals surface area contributed by atoms with Crippen LogP contribution in [0.3, 0.4) is 0 Å². The number of imidazole rings is 1. The van der Waals surface area contributed by atoms with Gasteiger partial charge in [-0.3, -0.25) is 0 Å². The number of rotatable bonds is 1. The molecular weight excluding hydrogens is 231 g/mol. The average Bonchev–Trinajstić information content (AvgIpc) is 2.78. The summed E-state index contributed by atoms with van der Waals surface area (Å²) in [4.78, 5) is 4.41. The summed E-state index contributed by atoms with van der Waals surface area (Å²) in [6.45, 7) is 0. The van der Waals surface area contributed by atoms with E-state index in [0.29, 0.717) is 17.0 Å². The molecule has 0 aliphatic rings. The lowest BCUT2D eigenvalue weighted by molar-refractivity contribution is 0.632. The molecule has 2 aromatic heterocycles. The second-order valence-electron chi connectivity index (χ2n) is 4.06. The van der Waals surface area contributed by atoms with E-state index in [9.17, 15) is 4.39 Å². The number of nitrogens with two attached hydrogens (primary N) is 2. The summed E-state index contributed by atoms with van der Waals surface area (Å²) < 4.78 is 14.9. The van der Waals surface area contributed by atoms with E-state index in [4.69, 9.17) is 11.5 Å². The molecule has 0 radical (unpaired) electrons. The summed E-state index contributed by atoms with van der Waals surface area (Å²) in [5.74, 6) is -0.429. The van der Waals surface area contributed by atoms with E-state index in [1.165, 1.54) is 6.07 Å². The van der Waals surface area contributed by atoms with Crippen LogP contribution in [0.1, 0.15) is 0 Å². The average molecular weight is 242 g/mol. The molecule has 0 unspecified atom stereocenters. The first-order valence-corrected chi connectivity index (χ1v) is 5.44. The third-order valence-corrected chi connectivity index (χ3v) is 2.80. The Morgan fingerprint density at radius 3 is 2.67 bits per heavy atom. The van der Waals surface area contributed by atoms with Crippen molar-refractivity contribution in [2.45, 2.75) is 0 Å². The Balaban J connectivity index is 2.19. The summed E-state index contributed by atoms with van der Waals surface area (Å²) in [6.07, 6.45) is 3.69. The number of aromatic nitrogens is 2. The smallest absolute Gasteiger partial charge is 0.160 e. The standard InChI is InChI=1S/C13H11FN4/c14-9-4-3-8(6-11(9)16)12-7-18-5-1-2-10(15)13(18)17-12/h1-7H,15-16H2. The minimum atomic E-state index is -0.429. The fourth-order valence-electron chi connectivity index (χ4n) is 1.88. The zero-order valence-corrected chi connectivity index (χ0v) is 9.47. The van der Waals surface area contributed by atoms with Crippen LogP contribution in [-0.2, 0) is 0 Å². The molecule has 2 heterocycles. The van der Waals surface area contributed by atoms with Gasteiger partial charge in [0.05, 0.1) is 17.1 Å². The zero-order valence-electron chi connectivity index (χ0n) is 9.47. The molecule has 4 nitrogen and oxygen atoms in total. The highest BCUT2D eigenvalue weighted by molar-refractivity contribution is 5.72.